The predicted molar refractivity (Wildman–Crippen MR) is 143 cm³/mol. The number of rotatable bonds is 9. The van der Waals surface area contributed by atoms with Gasteiger partial charge in [0.1, 0.15) is 5.75 Å². The van der Waals surface area contributed by atoms with Crippen molar-refractivity contribution in [1.82, 2.24) is 0 Å². The molecule has 0 fully saturated rings. The molecular formula is C30H36O7. The predicted octanol–water partition coefficient (Wildman–Crippen LogP) is 6.23. The number of allylic oxidation sites excluding steroid dienone is 2. The molecule has 2 aromatic carbocycles. The maximum atomic E-state index is 12.8. The molecule has 0 aliphatic heterocycles. The number of ether oxygens (including phenoxy) is 4. The summed E-state index contributed by atoms with van der Waals surface area (Å²) in [6.45, 7) is 14.4. The molecule has 0 bridgehead atoms. The summed E-state index contributed by atoms with van der Waals surface area (Å²) >= 11 is 0. The molecule has 0 saturated heterocycles. The summed E-state index contributed by atoms with van der Waals surface area (Å²) in [7, 11) is 2.92. The zero-order chi connectivity index (χ0) is 28.0. The summed E-state index contributed by atoms with van der Waals surface area (Å²) in [5.41, 5.74) is 0.274. The third-order valence-corrected chi connectivity index (χ3v) is 5.25. The van der Waals surface area contributed by atoms with Crippen LogP contribution in [-0.2, 0) is 16.0 Å². The molecule has 0 aliphatic carbocycles. The summed E-state index contributed by atoms with van der Waals surface area (Å²) in [6, 6.07) is 8.11. The summed E-state index contributed by atoms with van der Waals surface area (Å²) in [4.78, 5) is 37.5. The lowest BCUT2D eigenvalue weighted by atomic mass is 9.97. The van der Waals surface area contributed by atoms with Crippen molar-refractivity contribution in [3.8, 4) is 23.0 Å². The van der Waals surface area contributed by atoms with Crippen LogP contribution in [0.4, 0.5) is 0 Å². The molecule has 198 valence electrons. The van der Waals surface area contributed by atoms with E-state index in [1.54, 1.807) is 84.0 Å². The van der Waals surface area contributed by atoms with Crippen molar-refractivity contribution in [2.45, 2.75) is 48.0 Å². The van der Waals surface area contributed by atoms with Crippen molar-refractivity contribution in [1.29, 1.82) is 0 Å². The van der Waals surface area contributed by atoms with E-state index in [1.165, 1.54) is 20.3 Å². The van der Waals surface area contributed by atoms with Crippen LogP contribution in [0.1, 0.15) is 63.0 Å². The Balaban J connectivity index is 2.40. The molecule has 37 heavy (non-hydrogen) atoms. The average molecular weight is 509 g/mol. The molecule has 0 radical (unpaired) electrons. The second kappa shape index (κ2) is 11.9. The summed E-state index contributed by atoms with van der Waals surface area (Å²) < 4.78 is 22.2. The van der Waals surface area contributed by atoms with Gasteiger partial charge < -0.3 is 18.9 Å². The van der Waals surface area contributed by atoms with Gasteiger partial charge in [0.05, 0.1) is 25.0 Å². The van der Waals surface area contributed by atoms with Gasteiger partial charge in [-0.05, 0) is 90.4 Å². The first-order valence-electron chi connectivity index (χ1n) is 11.9. The zero-order valence-electron chi connectivity index (χ0n) is 22.9. The lowest BCUT2D eigenvalue weighted by Crippen LogP contribution is -2.26. The Morgan fingerprint density at radius 2 is 1.35 bits per heavy atom. The summed E-state index contributed by atoms with van der Waals surface area (Å²) in [6.07, 6.45) is 5.10. The quantitative estimate of drug-likeness (QED) is 0.130. The highest BCUT2D eigenvalue weighted by Gasteiger charge is 2.28. The van der Waals surface area contributed by atoms with Gasteiger partial charge >= 0.3 is 11.9 Å². The Morgan fingerprint density at radius 1 is 0.811 bits per heavy atom. The number of ketones is 1. The minimum Gasteiger partial charge on any atom is -0.492 e. The van der Waals surface area contributed by atoms with E-state index in [2.05, 4.69) is 6.58 Å². The van der Waals surface area contributed by atoms with Gasteiger partial charge in [-0.3, -0.25) is 14.4 Å². The van der Waals surface area contributed by atoms with Crippen molar-refractivity contribution in [3.05, 3.63) is 65.8 Å². The van der Waals surface area contributed by atoms with Crippen molar-refractivity contribution in [3.63, 3.8) is 0 Å². The van der Waals surface area contributed by atoms with Gasteiger partial charge in [0.25, 0.3) is 0 Å². The van der Waals surface area contributed by atoms with Crippen molar-refractivity contribution >= 4 is 23.8 Å². The standard InChI is InChI=1S/C30H36O7/c1-10-11-20-18-21(24(34-8)26(35-9)25(20)37-28(33)30(5,6)7)14-17-23(31)19-12-15-22(16-13-19)36-27(32)29(2,3)4/h10,12-18H,1,11H2,2-9H3. The Morgan fingerprint density at radius 3 is 1.84 bits per heavy atom. The molecule has 0 heterocycles. The fourth-order valence-electron chi connectivity index (χ4n) is 3.09. The Labute approximate surface area is 219 Å². The maximum Gasteiger partial charge on any atom is 0.316 e. The Hall–Kier alpha value is -3.87. The lowest BCUT2D eigenvalue weighted by Gasteiger charge is -2.22. The molecule has 7 heteroatoms. The summed E-state index contributed by atoms with van der Waals surface area (Å²) in [5.74, 6) is 0.136. The molecule has 0 amide bonds. The van der Waals surface area contributed by atoms with E-state index < -0.39 is 16.8 Å². The number of carbonyl (C=O) groups excluding carboxylic acids is 3. The first kappa shape index (κ1) is 29.4. The largest absolute Gasteiger partial charge is 0.492 e. The molecule has 2 aromatic rings. The topological polar surface area (TPSA) is 88.1 Å². The molecule has 7 nitrogen and oxygen atoms in total. The average Bonchev–Trinajstić information content (AvgIpc) is 2.82. The van der Waals surface area contributed by atoms with Crippen molar-refractivity contribution < 1.29 is 33.3 Å². The van der Waals surface area contributed by atoms with Crippen LogP contribution in [0.15, 0.2) is 49.1 Å². The van der Waals surface area contributed by atoms with Crippen molar-refractivity contribution in [2.24, 2.45) is 10.8 Å². The molecule has 2 rings (SSSR count). The van der Waals surface area contributed by atoms with Crippen LogP contribution in [-0.4, -0.2) is 31.9 Å². The second-order valence-corrected chi connectivity index (χ2v) is 10.5. The van der Waals surface area contributed by atoms with Crippen LogP contribution in [0, 0.1) is 10.8 Å². The van der Waals surface area contributed by atoms with Gasteiger partial charge in [-0.15, -0.1) is 6.58 Å². The third-order valence-electron chi connectivity index (χ3n) is 5.25. The van der Waals surface area contributed by atoms with Crippen LogP contribution >= 0.6 is 0 Å². The van der Waals surface area contributed by atoms with Gasteiger partial charge in [-0.1, -0.05) is 6.08 Å². The molecule has 0 N–H and O–H groups in total. The normalized spacial score (nSPS) is 11.7. The molecule has 0 atom stereocenters. The molecular weight excluding hydrogens is 472 g/mol. The number of esters is 2. The fraction of sp³-hybridized carbons (Fsp3) is 0.367. The fourth-order valence-corrected chi connectivity index (χ4v) is 3.09. The monoisotopic (exact) mass is 508 g/mol. The van der Waals surface area contributed by atoms with Gasteiger partial charge in [0.2, 0.25) is 5.75 Å². The van der Waals surface area contributed by atoms with Gasteiger partial charge in [-0.2, -0.15) is 0 Å². The smallest absolute Gasteiger partial charge is 0.316 e. The van der Waals surface area contributed by atoms with Crippen LogP contribution in [0.2, 0.25) is 0 Å². The van der Waals surface area contributed by atoms with E-state index in [0.29, 0.717) is 34.6 Å². The molecule has 0 aromatic heterocycles. The maximum absolute atomic E-state index is 12.8. The minimum absolute atomic E-state index is 0.247. The Bertz CT molecular complexity index is 1190. The number of benzene rings is 2. The van der Waals surface area contributed by atoms with Crippen LogP contribution in [0.5, 0.6) is 23.0 Å². The van der Waals surface area contributed by atoms with E-state index >= 15 is 0 Å². The van der Waals surface area contributed by atoms with Gasteiger partial charge in [-0.25, -0.2) is 0 Å². The minimum atomic E-state index is -0.727. The summed E-state index contributed by atoms with van der Waals surface area (Å²) in [5, 5.41) is 0. The number of methoxy groups -OCH3 is 2. The highest BCUT2D eigenvalue weighted by molar-refractivity contribution is 6.07. The molecule has 0 unspecified atom stereocenters. The molecule has 0 spiro atoms. The molecule has 0 aliphatic rings. The van der Waals surface area contributed by atoms with E-state index in [0.717, 1.165) is 0 Å². The first-order valence-corrected chi connectivity index (χ1v) is 11.9. The Kier molecular flexibility index (Phi) is 9.45. The van der Waals surface area contributed by atoms with E-state index in [1.807, 2.05) is 0 Å². The van der Waals surface area contributed by atoms with Crippen molar-refractivity contribution in [2.75, 3.05) is 14.2 Å². The zero-order valence-corrected chi connectivity index (χ0v) is 22.9. The SMILES string of the molecule is C=CCc1cc(C=CC(=O)c2ccc(OC(=O)C(C)(C)C)cc2)c(OC)c(OC)c1OC(=O)C(C)(C)C. The van der Waals surface area contributed by atoms with Gasteiger partial charge in [0.15, 0.2) is 17.3 Å². The van der Waals surface area contributed by atoms with Crippen LogP contribution in [0.25, 0.3) is 6.08 Å². The van der Waals surface area contributed by atoms with Gasteiger partial charge in [0, 0.05) is 16.7 Å². The van der Waals surface area contributed by atoms with E-state index in [9.17, 15) is 14.4 Å². The van der Waals surface area contributed by atoms with Crippen LogP contribution < -0.4 is 18.9 Å². The second-order valence-electron chi connectivity index (χ2n) is 10.5. The number of hydrogen-bond acceptors (Lipinski definition) is 7. The lowest BCUT2D eigenvalue weighted by molar-refractivity contribution is -0.143. The number of carbonyl (C=O) groups is 3. The highest BCUT2D eigenvalue weighted by atomic mass is 16.6. The molecule has 0 saturated carbocycles. The van der Waals surface area contributed by atoms with Crippen LogP contribution in [0.3, 0.4) is 0 Å². The van der Waals surface area contributed by atoms with E-state index in [4.69, 9.17) is 18.9 Å². The number of hydrogen-bond donors (Lipinski definition) is 0. The highest BCUT2D eigenvalue weighted by Crippen LogP contribution is 2.44. The van der Waals surface area contributed by atoms with E-state index in [-0.39, 0.29) is 23.3 Å². The third kappa shape index (κ3) is 7.56. The first-order chi connectivity index (χ1) is 17.2.